The van der Waals surface area contributed by atoms with E-state index in [-0.39, 0.29) is 18.7 Å². The molecule has 1 aromatic carbocycles. The van der Waals surface area contributed by atoms with Crippen LogP contribution in [0.2, 0.25) is 5.02 Å². The highest BCUT2D eigenvalue weighted by Gasteiger charge is 2.32. The molecule has 9 heteroatoms. The van der Waals surface area contributed by atoms with E-state index in [1.54, 1.807) is 19.2 Å². The van der Waals surface area contributed by atoms with Gasteiger partial charge in [-0.1, -0.05) is 36.9 Å². The average Bonchev–Trinajstić information content (AvgIpc) is 2.70. The fraction of sp³-hybridized carbons (Fsp3) is 0.700. The molecule has 29 heavy (non-hydrogen) atoms. The normalized spacial score (nSPS) is 23.4. The van der Waals surface area contributed by atoms with Crippen LogP contribution in [0, 0.1) is 5.82 Å². The van der Waals surface area contributed by atoms with Gasteiger partial charge >= 0.3 is 0 Å². The highest BCUT2D eigenvalue weighted by atomic mass is 35.5. The molecule has 0 aromatic heterocycles. The van der Waals surface area contributed by atoms with Gasteiger partial charge in [0, 0.05) is 43.3 Å². The minimum atomic E-state index is -3.68. The summed E-state index contributed by atoms with van der Waals surface area (Å²) in [5.41, 5.74) is 0.325. The summed E-state index contributed by atoms with van der Waals surface area (Å²) in [5, 5.41) is 0.300. The van der Waals surface area contributed by atoms with E-state index in [2.05, 4.69) is 4.72 Å². The molecule has 0 amide bonds. The molecule has 3 rings (SSSR count). The van der Waals surface area contributed by atoms with Gasteiger partial charge in [-0.3, -0.25) is 4.90 Å². The molecule has 164 valence electrons. The summed E-state index contributed by atoms with van der Waals surface area (Å²) in [5.74, 6) is -0.429. The van der Waals surface area contributed by atoms with Gasteiger partial charge in [-0.05, 0) is 31.9 Å². The smallest absolute Gasteiger partial charge is 0.279 e. The number of nitrogens with one attached hydrogen (secondary N) is 1. The third-order valence-electron chi connectivity index (χ3n) is 5.97. The lowest BCUT2D eigenvalue weighted by molar-refractivity contribution is -0.0342. The predicted octanol–water partition coefficient (Wildman–Crippen LogP) is 3.34. The molecule has 1 N–H and O–H groups in total. The number of hydrogen-bond acceptors (Lipinski definition) is 4. The first-order chi connectivity index (χ1) is 13.8. The van der Waals surface area contributed by atoms with E-state index in [9.17, 15) is 12.8 Å². The van der Waals surface area contributed by atoms with Crippen molar-refractivity contribution in [3.8, 4) is 0 Å². The zero-order chi connectivity index (χ0) is 21.0. The van der Waals surface area contributed by atoms with Gasteiger partial charge in [0.1, 0.15) is 5.82 Å². The van der Waals surface area contributed by atoms with Crippen LogP contribution in [0.4, 0.5) is 4.39 Å². The van der Waals surface area contributed by atoms with Crippen LogP contribution in [0.5, 0.6) is 0 Å². The van der Waals surface area contributed by atoms with Crippen molar-refractivity contribution in [1.82, 2.24) is 13.9 Å². The van der Waals surface area contributed by atoms with E-state index in [0.717, 1.165) is 32.1 Å². The van der Waals surface area contributed by atoms with Crippen molar-refractivity contribution < 1.29 is 17.5 Å². The van der Waals surface area contributed by atoms with E-state index in [1.807, 2.05) is 11.8 Å². The third-order valence-corrected chi connectivity index (χ3v) is 7.89. The third kappa shape index (κ3) is 5.68. The number of morpholine rings is 1. The Bertz CT molecular complexity index is 769. The van der Waals surface area contributed by atoms with E-state index in [0.29, 0.717) is 30.3 Å². The monoisotopic (exact) mass is 447 g/mol. The molecule has 1 heterocycles. The average molecular weight is 448 g/mol. The van der Waals surface area contributed by atoms with Gasteiger partial charge in [-0.15, -0.1) is 0 Å². The topological polar surface area (TPSA) is 61.9 Å². The number of benzene rings is 1. The largest absolute Gasteiger partial charge is 0.376 e. The second kappa shape index (κ2) is 10.0. The molecule has 0 radical (unpaired) electrons. The van der Waals surface area contributed by atoms with Crippen LogP contribution in [0.1, 0.15) is 50.6 Å². The number of hydrogen-bond donors (Lipinski definition) is 1. The summed E-state index contributed by atoms with van der Waals surface area (Å²) in [6.45, 7) is 3.67. The van der Waals surface area contributed by atoms with E-state index in [4.69, 9.17) is 16.3 Å². The Labute approximate surface area is 178 Å². The van der Waals surface area contributed by atoms with Crippen molar-refractivity contribution in [2.75, 3.05) is 33.3 Å². The lowest BCUT2D eigenvalue weighted by Gasteiger charge is -2.38. The zero-order valence-corrected chi connectivity index (χ0v) is 18.7. The SMILES string of the molecule is CC1CN(C(CNS(=O)(=O)N(C)C2CCCCC2)c2c(F)cccc2Cl)CCO1. The molecule has 2 aliphatic rings. The number of halogens is 2. The Morgan fingerprint density at radius 2 is 2.07 bits per heavy atom. The van der Waals surface area contributed by atoms with Gasteiger partial charge in [0.25, 0.3) is 10.2 Å². The Balaban J connectivity index is 1.79. The second-order valence-corrected chi connectivity index (χ2v) is 10.2. The first-order valence-electron chi connectivity index (χ1n) is 10.3. The maximum absolute atomic E-state index is 14.7. The van der Waals surface area contributed by atoms with Crippen molar-refractivity contribution >= 4 is 21.8 Å². The molecule has 2 atom stereocenters. The predicted molar refractivity (Wildman–Crippen MR) is 113 cm³/mol. The van der Waals surface area contributed by atoms with Crippen LogP contribution in [0.15, 0.2) is 18.2 Å². The van der Waals surface area contributed by atoms with Gasteiger partial charge < -0.3 is 4.74 Å². The number of rotatable bonds is 7. The molecule has 1 aliphatic carbocycles. The van der Waals surface area contributed by atoms with Crippen molar-refractivity contribution in [1.29, 1.82) is 0 Å². The Kier molecular flexibility index (Phi) is 7.92. The fourth-order valence-electron chi connectivity index (χ4n) is 4.30. The zero-order valence-electron chi connectivity index (χ0n) is 17.1. The summed E-state index contributed by atoms with van der Waals surface area (Å²) < 4.78 is 50.3. The minimum absolute atomic E-state index is 0.0140. The Morgan fingerprint density at radius 1 is 1.34 bits per heavy atom. The number of ether oxygens (including phenoxy) is 1. The Hall–Kier alpha value is -0.770. The molecule has 1 aromatic rings. The van der Waals surface area contributed by atoms with Gasteiger partial charge in [-0.2, -0.15) is 12.7 Å². The lowest BCUT2D eigenvalue weighted by atomic mass is 9.96. The molecule has 0 spiro atoms. The second-order valence-electron chi connectivity index (χ2n) is 7.99. The van der Waals surface area contributed by atoms with Crippen molar-refractivity contribution in [2.24, 2.45) is 0 Å². The summed E-state index contributed by atoms with van der Waals surface area (Å²) >= 11 is 6.33. The summed E-state index contributed by atoms with van der Waals surface area (Å²) in [6.07, 6.45) is 4.98. The molecule has 2 unspecified atom stereocenters. The van der Waals surface area contributed by atoms with Crippen LogP contribution in [-0.4, -0.2) is 63.1 Å². The Morgan fingerprint density at radius 3 is 2.72 bits per heavy atom. The molecule has 1 saturated heterocycles. The molecule has 1 aliphatic heterocycles. The number of nitrogens with zero attached hydrogens (tertiary/aromatic N) is 2. The highest BCUT2D eigenvalue weighted by Crippen LogP contribution is 2.31. The van der Waals surface area contributed by atoms with Crippen LogP contribution >= 0.6 is 11.6 Å². The lowest BCUT2D eigenvalue weighted by Crippen LogP contribution is -2.50. The minimum Gasteiger partial charge on any atom is -0.376 e. The molecule has 1 saturated carbocycles. The van der Waals surface area contributed by atoms with Crippen molar-refractivity contribution in [3.05, 3.63) is 34.6 Å². The maximum Gasteiger partial charge on any atom is 0.279 e. The van der Waals surface area contributed by atoms with Crippen LogP contribution in [0.3, 0.4) is 0 Å². The standard InChI is InChI=1S/C20H31ClFN3O3S/c1-15-14-25(11-12-28-15)19(20-17(21)9-6-10-18(20)22)13-23-29(26,27)24(2)16-7-4-3-5-8-16/h6,9-10,15-16,19,23H,3-5,7-8,11-14H2,1-2H3. The summed E-state index contributed by atoms with van der Waals surface area (Å²) in [4.78, 5) is 2.04. The van der Waals surface area contributed by atoms with Crippen LogP contribution < -0.4 is 4.72 Å². The molecular formula is C20H31ClFN3O3S. The molecule has 2 fully saturated rings. The van der Waals surface area contributed by atoms with E-state index >= 15 is 0 Å². The van der Waals surface area contributed by atoms with E-state index < -0.39 is 22.1 Å². The molecule has 0 bridgehead atoms. The van der Waals surface area contributed by atoms with Crippen LogP contribution in [-0.2, 0) is 14.9 Å². The fourth-order valence-corrected chi connectivity index (χ4v) is 5.76. The van der Waals surface area contributed by atoms with Gasteiger partial charge in [0.2, 0.25) is 0 Å². The summed E-state index contributed by atoms with van der Waals surface area (Å²) in [7, 11) is -2.06. The van der Waals surface area contributed by atoms with Crippen molar-refractivity contribution in [2.45, 2.75) is 57.2 Å². The van der Waals surface area contributed by atoms with E-state index in [1.165, 1.54) is 10.4 Å². The molecule has 6 nitrogen and oxygen atoms in total. The quantitative estimate of drug-likeness (QED) is 0.696. The first kappa shape index (κ1) is 22.9. The maximum atomic E-state index is 14.7. The van der Waals surface area contributed by atoms with Gasteiger partial charge in [0.05, 0.1) is 18.8 Å². The van der Waals surface area contributed by atoms with Crippen molar-refractivity contribution in [3.63, 3.8) is 0 Å². The van der Waals surface area contributed by atoms with Crippen LogP contribution in [0.25, 0.3) is 0 Å². The molecular weight excluding hydrogens is 417 g/mol. The first-order valence-corrected chi connectivity index (χ1v) is 12.1. The highest BCUT2D eigenvalue weighted by molar-refractivity contribution is 7.87. The van der Waals surface area contributed by atoms with Gasteiger partial charge in [-0.25, -0.2) is 9.11 Å². The van der Waals surface area contributed by atoms with Gasteiger partial charge in [0.15, 0.2) is 0 Å². The summed E-state index contributed by atoms with van der Waals surface area (Å²) in [6, 6.07) is 4.06.